The highest BCUT2D eigenvalue weighted by Crippen LogP contribution is 2.29. The Hall–Kier alpha value is -3.74. The smallest absolute Gasteiger partial charge is 0.299 e. The molecule has 7 nitrogen and oxygen atoms in total. The fraction of sp³-hybridized carbons (Fsp3) is 0.280. The molecule has 0 amide bonds. The lowest BCUT2D eigenvalue weighted by Crippen LogP contribution is -2.25. The van der Waals surface area contributed by atoms with Crippen LogP contribution < -0.4 is 5.69 Å². The molecule has 0 bridgehead atoms. The summed E-state index contributed by atoms with van der Waals surface area (Å²) in [5, 5.41) is 14.4. The summed E-state index contributed by atoms with van der Waals surface area (Å²) >= 11 is 0. The van der Waals surface area contributed by atoms with E-state index in [9.17, 15) is 4.79 Å². The second-order valence-electron chi connectivity index (χ2n) is 7.84. The number of nitrogens with one attached hydrogen (secondary N) is 1. The van der Waals surface area contributed by atoms with Crippen LogP contribution in [-0.2, 0) is 19.5 Å². The van der Waals surface area contributed by atoms with Gasteiger partial charge in [0.15, 0.2) is 0 Å². The number of aromatic amines is 1. The van der Waals surface area contributed by atoms with Crippen LogP contribution in [0.25, 0.3) is 22.5 Å². The minimum atomic E-state index is 0.0593. The Labute approximate surface area is 187 Å². The molecule has 0 aliphatic heterocycles. The summed E-state index contributed by atoms with van der Waals surface area (Å²) in [6.07, 6.45) is 7.63. The zero-order valence-electron chi connectivity index (χ0n) is 18.4. The maximum atomic E-state index is 13.0. The van der Waals surface area contributed by atoms with Crippen molar-refractivity contribution >= 4 is 0 Å². The molecule has 0 saturated heterocycles. The number of unbranched alkanes of at least 4 members (excludes halogenated alkanes) is 1. The van der Waals surface area contributed by atoms with Crippen molar-refractivity contribution < 1.29 is 0 Å². The summed E-state index contributed by atoms with van der Waals surface area (Å²) in [4.78, 5) is 13.0. The van der Waals surface area contributed by atoms with E-state index in [4.69, 9.17) is 0 Å². The van der Waals surface area contributed by atoms with Crippen molar-refractivity contribution in [2.75, 3.05) is 0 Å². The van der Waals surface area contributed by atoms with Gasteiger partial charge in [-0.05, 0) is 41.2 Å². The number of H-pyrrole nitrogens is 1. The first-order valence-electron chi connectivity index (χ1n) is 11.0. The van der Waals surface area contributed by atoms with Crippen LogP contribution in [0.15, 0.2) is 72.2 Å². The van der Waals surface area contributed by atoms with Gasteiger partial charge in [-0.2, -0.15) is 5.21 Å². The Morgan fingerprint density at radius 1 is 1.09 bits per heavy atom. The number of hydrogen-bond acceptors (Lipinski definition) is 4. The molecule has 2 heterocycles. The van der Waals surface area contributed by atoms with E-state index >= 15 is 0 Å². The summed E-state index contributed by atoms with van der Waals surface area (Å²) in [5.74, 6) is 0.566. The number of allylic oxidation sites excluding steroid dienone is 1. The molecule has 0 aliphatic carbocycles. The van der Waals surface area contributed by atoms with E-state index in [0.717, 1.165) is 60.2 Å². The third-order valence-electron chi connectivity index (χ3n) is 5.60. The molecule has 4 rings (SSSR count). The maximum Gasteiger partial charge on any atom is 0.328 e. The second-order valence-corrected chi connectivity index (χ2v) is 7.84. The number of benzene rings is 2. The molecule has 0 atom stereocenters. The van der Waals surface area contributed by atoms with Crippen LogP contribution >= 0.6 is 0 Å². The summed E-state index contributed by atoms with van der Waals surface area (Å²) in [7, 11) is 0. The van der Waals surface area contributed by atoms with Gasteiger partial charge in [-0.1, -0.05) is 68.0 Å². The second kappa shape index (κ2) is 10.0. The predicted octanol–water partition coefficient (Wildman–Crippen LogP) is 4.46. The number of nitrogens with zero attached hydrogens (tertiary/aromatic N) is 5. The number of imidazole rings is 1. The SMILES string of the molecule is C=CCCc1cn(CCCC)c(=O)n1Cc1ccc(-c2ccccc2-c2nn[nH]n2)cc1. The van der Waals surface area contributed by atoms with E-state index in [0.29, 0.717) is 12.4 Å². The highest BCUT2D eigenvalue weighted by Gasteiger charge is 2.13. The van der Waals surface area contributed by atoms with Crippen molar-refractivity contribution in [1.29, 1.82) is 0 Å². The lowest BCUT2D eigenvalue weighted by atomic mass is 9.98. The third-order valence-corrected chi connectivity index (χ3v) is 5.60. The van der Waals surface area contributed by atoms with Gasteiger partial charge in [0, 0.05) is 24.0 Å². The molecule has 0 unspecified atom stereocenters. The Kier molecular flexibility index (Phi) is 6.75. The van der Waals surface area contributed by atoms with Gasteiger partial charge < -0.3 is 0 Å². The van der Waals surface area contributed by atoms with Crippen LogP contribution in [0.1, 0.15) is 37.4 Å². The van der Waals surface area contributed by atoms with Crippen molar-refractivity contribution in [1.82, 2.24) is 29.8 Å². The van der Waals surface area contributed by atoms with Crippen LogP contribution in [0.4, 0.5) is 0 Å². The molecular weight excluding hydrogens is 400 g/mol. The summed E-state index contributed by atoms with van der Waals surface area (Å²) in [5.41, 5.74) is 5.22. The van der Waals surface area contributed by atoms with Crippen molar-refractivity contribution in [2.24, 2.45) is 0 Å². The number of tetrazole rings is 1. The van der Waals surface area contributed by atoms with Gasteiger partial charge in [-0.3, -0.25) is 9.13 Å². The first-order valence-corrected chi connectivity index (χ1v) is 11.0. The van der Waals surface area contributed by atoms with Crippen molar-refractivity contribution in [2.45, 2.75) is 45.7 Å². The fourth-order valence-corrected chi connectivity index (χ4v) is 3.87. The van der Waals surface area contributed by atoms with E-state index in [1.807, 2.05) is 45.7 Å². The zero-order chi connectivity index (χ0) is 22.3. The summed E-state index contributed by atoms with van der Waals surface area (Å²) in [6, 6.07) is 16.3. The molecule has 0 radical (unpaired) electrons. The van der Waals surface area contributed by atoms with Gasteiger partial charge in [-0.25, -0.2) is 4.79 Å². The number of aromatic nitrogens is 6. The molecule has 2 aromatic heterocycles. The molecule has 164 valence electrons. The average molecular weight is 429 g/mol. The molecule has 2 aromatic carbocycles. The summed E-state index contributed by atoms with van der Waals surface area (Å²) < 4.78 is 3.73. The Bertz CT molecular complexity index is 1220. The molecular formula is C25H28N6O. The standard InChI is InChI=1S/C25H28N6O/c1-3-5-9-21-18-30(16-6-4-2)25(32)31(21)17-19-12-14-20(15-13-19)22-10-7-8-11-23(22)24-26-28-29-27-24/h3,7-8,10-15,18H,1,4-6,9,16-17H2,2H3,(H,26,27,28,29). The lowest BCUT2D eigenvalue weighted by molar-refractivity contribution is 0.592. The van der Waals surface area contributed by atoms with Gasteiger partial charge in [0.05, 0.1) is 6.54 Å². The van der Waals surface area contributed by atoms with Crippen molar-refractivity contribution in [3.8, 4) is 22.5 Å². The summed E-state index contributed by atoms with van der Waals surface area (Å²) in [6.45, 7) is 7.27. The van der Waals surface area contributed by atoms with E-state index in [1.165, 1.54) is 0 Å². The molecule has 0 aliphatic rings. The molecule has 4 aromatic rings. The molecule has 0 fully saturated rings. The number of aryl methyl sites for hydroxylation is 2. The van der Waals surface area contributed by atoms with Gasteiger partial charge in [0.25, 0.3) is 0 Å². The normalized spacial score (nSPS) is 11.0. The Balaban J connectivity index is 1.61. The Morgan fingerprint density at radius 2 is 1.88 bits per heavy atom. The molecule has 1 N–H and O–H groups in total. The number of hydrogen-bond donors (Lipinski definition) is 1. The topological polar surface area (TPSA) is 81.4 Å². The first kappa shape index (κ1) is 21.5. The van der Waals surface area contributed by atoms with Crippen LogP contribution in [0.5, 0.6) is 0 Å². The minimum Gasteiger partial charge on any atom is -0.299 e. The first-order chi connectivity index (χ1) is 15.7. The highest BCUT2D eigenvalue weighted by molar-refractivity contribution is 5.80. The predicted molar refractivity (Wildman–Crippen MR) is 126 cm³/mol. The quantitative estimate of drug-likeness (QED) is 0.378. The van der Waals surface area contributed by atoms with E-state index < -0.39 is 0 Å². The fourth-order valence-electron chi connectivity index (χ4n) is 3.87. The average Bonchev–Trinajstić information content (AvgIpc) is 3.46. The van der Waals surface area contributed by atoms with Gasteiger partial charge in [0.2, 0.25) is 5.82 Å². The molecule has 0 saturated carbocycles. The van der Waals surface area contributed by atoms with Crippen molar-refractivity contribution in [3.05, 3.63) is 89.1 Å². The van der Waals surface area contributed by atoms with Crippen molar-refractivity contribution in [3.63, 3.8) is 0 Å². The monoisotopic (exact) mass is 428 g/mol. The molecule has 7 heteroatoms. The van der Waals surface area contributed by atoms with Gasteiger partial charge in [0.1, 0.15) is 0 Å². The van der Waals surface area contributed by atoms with Crippen LogP contribution in [0.2, 0.25) is 0 Å². The zero-order valence-corrected chi connectivity index (χ0v) is 18.4. The van der Waals surface area contributed by atoms with Gasteiger partial charge >= 0.3 is 5.69 Å². The lowest BCUT2D eigenvalue weighted by Gasteiger charge is -2.10. The number of rotatable bonds is 10. The van der Waals surface area contributed by atoms with Gasteiger partial charge in [-0.15, -0.1) is 16.8 Å². The van der Waals surface area contributed by atoms with Crippen LogP contribution in [-0.4, -0.2) is 29.8 Å². The van der Waals surface area contributed by atoms with Crippen LogP contribution in [0, 0.1) is 0 Å². The van der Waals surface area contributed by atoms with E-state index in [-0.39, 0.29) is 5.69 Å². The minimum absolute atomic E-state index is 0.0593. The Morgan fingerprint density at radius 3 is 2.56 bits per heavy atom. The van der Waals surface area contributed by atoms with E-state index in [2.05, 4.69) is 58.4 Å². The molecule has 0 spiro atoms. The maximum absolute atomic E-state index is 13.0. The highest BCUT2D eigenvalue weighted by atomic mass is 16.1. The van der Waals surface area contributed by atoms with Crippen LogP contribution in [0.3, 0.4) is 0 Å². The third kappa shape index (κ3) is 4.61. The largest absolute Gasteiger partial charge is 0.328 e. The molecule has 32 heavy (non-hydrogen) atoms. The van der Waals surface area contributed by atoms with E-state index in [1.54, 1.807) is 0 Å².